The molecule has 3 fully saturated rings. The van der Waals surface area contributed by atoms with Crippen molar-refractivity contribution in [3.63, 3.8) is 0 Å². The smallest absolute Gasteiger partial charge is 0.223 e. The summed E-state index contributed by atoms with van der Waals surface area (Å²) in [6, 6.07) is 6.69. The summed E-state index contributed by atoms with van der Waals surface area (Å²) in [6.07, 6.45) is 1.28. The van der Waals surface area contributed by atoms with Crippen molar-refractivity contribution < 1.29 is 17.6 Å². The molecule has 0 bridgehead atoms. The van der Waals surface area contributed by atoms with Crippen LogP contribution in [0.25, 0.3) is 0 Å². The van der Waals surface area contributed by atoms with Crippen molar-refractivity contribution in [1.29, 1.82) is 0 Å². The number of hydrogen-bond donors (Lipinski definition) is 0. The van der Waals surface area contributed by atoms with Gasteiger partial charge in [-0.25, -0.2) is 12.8 Å². The maximum absolute atomic E-state index is 13.1. The van der Waals surface area contributed by atoms with E-state index in [1.54, 1.807) is 12.1 Å². The third-order valence-corrected chi connectivity index (χ3v) is 8.35. The molecule has 3 aliphatic rings. The standard InChI is InChI=1S/C21H31FN4O3S/c22-18-1-3-19(4-2-18)24-12-14-26(15-13-24)21(27)5-7-23-8-10-25(11-9-23)20-6-16-30(28,29)17-20/h1-4,20H,5-17H2. The molecule has 0 N–H and O–H groups in total. The number of benzene rings is 1. The van der Waals surface area contributed by atoms with E-state index in [-0.39, 0.29) is 17.8 Å². The summed E-state index contributed by atoms with van der Waals surface area (Å²) in [6.45, 7) is 7.22. The Morgan fingerprint density at radius 2 is 1.63 bits per heavy atom. The Kier molecular flexibility index (Phi) is 6.60. The van der Waals surface area contributed by atoms with Gasteiger partial charge in [0.05, 0.1) is 11.5 Å². The van der Waals surface area contributed by atoms with Crippen molar-refractivity contribution in [1.82, 2.24) is 14.7 Å². The van der Waals surface area contributed by atoms with Crippen molar-refractivity contribution in [2.45, 2.75) is 18.9 Å². The van der Waals surface area contributed by atoms with E-state index in [4.69, 9.17) is 0 Å². The molecule has 1 unspecified atom stereocenters. The third-order valence-electron chi connectivity index (χ3n) is 6.60. The van der Waals surface area contributed by atoms with Crippen molar-refractivity contribution in [2.24, 2.45) is 0 Å². The van der Waals surface area contributed by atoms with E-state index in [0.29, 0.717) is 31.0 Å². The molecular formula is C21H31FN4O3S. The molecule has 30 heavy (non-hydrogen) atoms. The number of piperazine rings is 2. The molecule has 0 spiro atoms. The zero-order valence-corrected chi connectivity index (χ0v) is 18.2. The number of rotatable bonds is 5. The first kappa shape index (κ1) is 21.5. The van der Waals surface area contributed by atoms with E-state index in [2.05, 4.69) is 14.7 Å². The van der Waals surface area contributed by atoms with Crippen LogP contribution in [0.2, 0.25) is 0 Å². The van der Waals surface area contributed by atoms with Gasteiger partial charge in [-0.1, -0.05) is 0 Å². The van der Waals surface area contributed by atoms with Crippen LogP contribution >= 0.6 is 0 Å². The molecule has 3 saturated heterocycles. The summed E-state index contributed by atoms with van der Waals surface area (Å²) in [7, 11) is -2.84. The first-order chi connectivity index (χ1) is 14.4. The van der Waals surface area contributed by atoms with Crippen LogP contribution in [-0.2, 0) is 14.6 Å². The highest BCUT2D eigenvalue weighted by Gasteiger charge is 2.33. The highest BCUT2D eigenvalue weighted by atomic mass is 32.2. The van der Waals surface area contributed by atoms with Crippen LogP contribution in [-0.4, -0.2) is 105 Å². The van der Waals surface area contributed by atoms with Gasteiger partial charge in [0.1, 0.15) is 5.82 Å². The third kappa shape index (κ3) is 5.31. The molecular weight excluding hydrogens is 407 g/mol. The van der Waals surface area contributed by atoms with Crippen LogP contribution in [0.15, 0.2) is 24.3 Å². The van der Waals surface area contributed by atoms with Crippen LogP contribution in [0.1, 0.15) is 12.8 Å². The molecule has 7 nitrogen and oxygen atoms in total. The second-order valence-corrected chi connectivity index (χ2v) is 10.8. The van der Waals surface area contributed by atoms with Crippen molar-refractivity contribution in [3.8, 4) is 0 Å². The maximum atomic E-state index is 13.1. The summed E-state index contributed by atoms with van der Waals surface area (Å²) < 4.78 is 36.5. The van der Waals surface area contributed by atoms with Crippen LogP contribution in [0.4, 0.5) is 10.1 Å². The first-order valence-corrected chi connectivity index (χ1v) is 12.7. The van der Waals surface area contributed by atoms with Crippen molar-refractivity contribution in [3.05, 3.63) is 30.1 Å². The Labute approximate surface area is 178 Å². The van der Waals surface area contributed by atoms with Crippen LogP contribution < -0.4 is 4.90 Å². The van der Waals surface area contributed by atoms with E-state index in [1.165, 1.54) is 12.1 Å². The first-order valence-electron chi connectivity index (χ1n) is 10.8. The largest absolute Gasteiger partial charge is 0.368 e. The van der Waals surface area contributed by atoms with Gasteiger partial charge in [-0.05, 0) is 30.7 Å². The minimum Gasteiger partial charge on any atom is -0.368 e. The predicted molar refractivity (Wildman–Crippen MR) is 115 cm³/mol. The molecule has 3 heterocycles. The highest BCUT2D eigenvalue weighted by Crippen LogP contribution is 2.20. The number of amides is 1. The van der Waals surface area contributed by atoms with Crippen LogP contribution in [0.3, 0.4) is 0 Å². The molecule has 0 saturated carbocycles. The Morgan fingerprint density at radius 3 is 2.23 bits per heavy atom. The molecule has 0 aliphatic carbocycles. The molecule has 3 aliphatic heterocycles. The minimum atomic E-state index is -2.84. The van der Waals surface area contributed by atoms with Crippen molar-refractivity contribution >= 4 is 21.4 Å². The predicted octanol–water partition coefficient (Wildman–Crippen LogP) is 0.669. The molecule has 1 amide bonds. The minimum absolute atomic E-state index is 0.177. The fraction of sp³-hybridized carbons (Fsp3) is 0.667. The fourth-order valence-corrected chi connectivity index (χ4v) is 6.45. The topological polar surface area (TPSA) is 64.2 Å². The maximum Gasteiger partial charge on any atom is 0.223 e. The number of halogens is 1. The van der Waals surface area contributed by atoms with Crippen molar-refractivity contribution in [2.75, 3.05) is 75.3 Å². The molecule has 166 valence electrons. The number of nitrogens with zero attached hydrogens (tertiary/aromatic N) is 4. The van der Waals surface area contributed by atoms with Gasteiger partial charge in [0.25, 0.3) is 0 Å². The van der Waals surface area contributed by atoms with Gasteiger partial charge >= 0.3 is 0 Å². The van der Waals surface area contributed by atoms with E-state index >= 15 is 0 Å². The lowest BCUT2D eigenvalue weighted by Gasteiger charge is -2.38. The lowest BCUT2D eigenvalue weighted by Crippen LogP contribution is -2.52. The Balaban J connectivity index is 1.16. The summed E-state index contributed by atoms with van der Waals surface area (Å²) >= 11 is 0. The van der Waals surface area contributed by atoms with E-state index in [1.807, 2.05) is 4.90 Å². The zero-order chi connectivity index (χ0) is 21.1. The molecule has 9 heteroatoms. The van der Waals surface area contributed by atoms with Gasteiger partial charge in [-0.2, -0.15) is 0 Å². The summed E-state index contributed by atoms with van der Waals surface area (Å²) in [5.74, 6) is 0.579. The monoisotopic (exact) mass is 438 g/mol. The Morgan fingerprint density at radius 1 is 0.967 bits per heavy atom. The average molecular weight is 439 g/mol. The van der Waals surface area contributed by atoms with Crippen LogP contribution in [0, 0.1) is 5.82 Å². The molecule has 0 radical (unpaired) electrons. The molecule has 4 rings (SSSR count). The van der Waals surface area contributed by atoms with Gasteiger partial charge in [0.2, 0.25) is 5.91 Å². The van der Waals surface area contributed by atoms with Gasteiger partial charge < -0.3 is 14.7 Å². The van der Waals surface area contributed by atoms with E-state index in [0.717, 1.165) is 57.9 Å². The van der Waals surface area contributed by atoms with E-state index < -0.39 is 9.84 Å². The highest BCUT2D eigenvalue weighted by molar-refractivity contribution is 7.91. The number of sulfone groups is 1. The molecule has 1 aromatic rings. The molecule has 1 aromatic carbocycles. The van der Waals surface area contributed by atoms with Crippen LogP contribution in [0.5, 0.6) is 0 Å². The van der Waals surface area contributed by atoms with Gasteiger partial charge in [-0.15, -0.1) is 0 Å². The summed E-state index contributed by atoms with van der Waals surface area (Å²) in [5, 5.41) is 0. The number of anilines is 1. The molecule has 1 atom stereocenters. The number of carbonyl (C=O) groups is 1. The Hall–Kier alpha value is -1.71. The quantitative estimate of drug-likeness (QED) is 0.673. The fourth-order valence-electron chi connectivity index (χ4n) is 4.69. The van der Waals surface area contributed by atoms with Gasteiger partial charge in [-0.3, -0.25) is 9.69 Å². The number of carbonyl (C=O) groups excluding carboxylic acids is 1. The average Bonchev–Trinajstić information content (AvgIpc) is 3.13. The van der Waals surface area contributed by atoms with E-state index in [9.17, 15) is 17.6 Å². The Bertz CT molecular complexity index is 832. The van der Waals surface area contributed by atoms with Gasteiger partial charge in [0, 0.05) is 77.1 Å². The summed E-state index contributed by atoms with van der Waals surface area (Å²) in [5.41, 5.74) is 0.997. The SMILES string of the molecule is O=C(CCN1CCN(C2CCS(=O)(=O)C2)CC1)N1CCN(c2ccc(F)cc2)CC1. The zero-order valence-electron chi connectivity index (χ0n) is 17.4. The summed E-state index contributed by atoms with van der Waals surface area (Å²) in [4.78, 5) is 21.4. The van der Waals surface area contributed by atoms with Gasteiger partial charge in [0.15, 0.2) is 9.84 Å². The number of hydrogen-bond acceptors (Lipinski definition) is 6. The second kappa shape index (κ2) is 9.20. The normalized spacial score (nSPS) is 25.6. The lowest BCUT2D eigenvalue weighted by atomic mass is 10.2. The molecule has 0 aromatic heterocycles. The lowest BCUT2D eigenvalue weighted by molar-refractivity contribution is -0.131. The second-order valence-electron chi connectivity index (χ2n) is 8.53.